The van der Waals surface area contributed by atoms with Crippen LogP contribution in [0, 0.1) is 5.82 Å². The van der Waals surface area contributed by atoms with Gasteiger partial charge in [-0.1, -0.05) is 12.1 Å². The maximum absolute atomic E-state index is 13.1. The fraction of sp³-hybridized carbons (Fsp3) is 0.333. The first kappa shape index (κ1) is 18.4. The lowest BCUT2D eigenvalue weighted by molar-refractivity contribution is 0.0535. The second-order valence-electron chi connectivity index (χ2n) is 7.25. The number of likely N-dealkylation sites (tertiary alicyclic amines) is 1. The molecule has 2 aromatic rings. The van der Waals surface area contributed by atoms with Crippen LogP contribution in [-0.4, -0.2) is 36.0 Å². The molecule has 0 radical (unpaired) electrons. The smallest absolute Gasteiger partial charge is 0.338 e. The van der Waals surface area contributed by atoms with E-state index < -0.39 is 0 Å². The minimum atomic E-state index is -0.325. The number of nitrogens with one attached hydrogen (secondary N) is 2. The summed E-state index contributed by atoms with van der Waals surface area (Å²) in [5.74, 6) is -0.560. The quantitative estimate of drug-likeness (QED) is 0.795. The summed E-state index contributed by atoms with van der Waals surface area (Å²) in [6.07, 6.45) is 1.91. The van der Waals surface area contributed by atoms with Crippen molar-refractivity contribution in [2.75, 3.05) is 18.4 Å². The van der Waals surface area contributed by atoms with E-state index in [0.29, 0.717) is 11.3 Å². The Morgan fingerprint density at radius 3 is 2.86 bits per heavy atom. The predicted molar refractivity (Wildman–Crippen MR) is 102 cm³/mol. The largest absolute Gasteiger partial charge is 0.457 e. The fourth-order valence-corrected chi connectivity index (χ4v) is 3.73. The molecule has 0 saturated carbocycles. The predicted octanol–water partition coefficient (Wildman–Crippen LogP) is 3.28. The molecule has 2 N–H and O–H groups in total. The van der Waals surface area contributed by atoms with E-state index >= 15 is 0 Å². The molecule has 7 heteroatoms. The number of hydrogen-bond donors (Lipinski definition) is 2. The van der Waals surface area contributed by atoms with E-state index in [4.69, 9.17) is 4.74 Å². The standard InChI is InChI=1S/C21H22FN3O3/c22-16-5-3-14(4-6-16)11-25-9-1-2-18(12-25)24-21(27)23-17-7-8-19-15(10-17)13-28-20(19)26/h3-8,10,18H,1-2,9,11-13H2,(H2,23,24,27)/t18-/m0/s1. The van der Waals surface area contributed by atoms with Crippen molar-refractivity contribution in [3.05, 3.63) is 65.0 Å². The van der Waals surface area contributed by atoms with Crippen LogP contribution < -0.4 is 10.6 Å². The molecule has 2 aromatic carbocycles. The number of fused-ring (bicyclic) bond motifs is 1. The third-order valence-electron chi connectivity index (χ3n) is 5.10. The lowest BCUT2D eigenvalue weighted by atomic mass is 10.0. The molecule has 1 atom stereocenters. The Bertz CT molecular complexity index is 885. The van der Waals surface area contributed by atoms with Crippen LogP contribution in [-0.2, 0) is 17.9 Å². The highest BCUT2D eigenvalue weighted by molar-refractivity contribution is 5.95. The van der Waals surface area contributed by atoms with Crippen LogP contribution in [0.1, 0.15) is 34.3 Å². The van der Waals surface area contributed by atoms with E-state index in [9.17, 15) is 14.0 Å². The highest BCUT2D eigenvalue weighted by Gasteiger charge is 2.23. The number of esters is 1. The summed E-state index contributed by atoms with van der Waals surface area (Å²) in [5, 5.41) is 5.85. The van der Waals surface area contributed by atoms with Crippen molar-refractivity contribution in [3.63, 3.8) is 0 Å². The minimum absolute atomic E-state index is 0.0496. The first-order valence-corrected chi connectivity index (χ1v) is 9.41. The molecular weight excluding hydrogens is 361 g/mol. The summed E-state index contributed by atoms with van der Waals surface area (Å²) >= 11 is 0. The van der Waals surface area contributed by atoms with Crippen LogP contribution in [0.25, 0.3) is 0 Å². The number of rotatable bonds is 4. The van der Waals surface area contributed by atoms with Crippen molar-refractivity contribution < 1.29 is 18.7 Å². The van der Waals surface area contributed by atoms with Crippen LogP contribution in [0.3, 0.4) is 0 Å². The molecule has 2 aliphatic heterocycles. The van der Waals surface area contributed by atoms with Crippen LogP contribution in [0.15, 0.2) is 42.5 Å². The van der Waals surface area contributed by atoms with Crippen molar-refractivity contribution in [2.24, 2.45) is 0 Å². The van der Waals surface area contributed by atoms with E-state index in [1.807, 2.05) is 0 Å². The average Bonchev–Trinajstić information content (AvgIpc) is 3.04. The van der Waals surface area contributed by atoms with Gasteiger partial charge in [-0.05, 0) is 55.3 Å². The van der Waals surface area contributed by atoms with Gasteiger partial charge in [0.1, 0.15) is 12.4 Å². The van der Waals surface area contributed by atoms with Crippen LogP contribution >= 0.6 is 0 Å². The lowest BCUT2D eigenvalue weighted by Crippen LogP contribution is -2.48. The third-order valence-corrected chi connectivity index (χ3v) is 5.10. The number of urea groups is 1. The number of amides is 2. The number of hydrogen-bond acceptors (Lipinski definition) is 4. The van der Waals surface area contributed by atoms with E-state index in [-0.39, 0.29) is 30.5 Å². The van der Waals surface area contributed by atoms with Gasteiger partial charge in [-0.15, -0.1) is 0 Å². The van der Waals surface area contributed by atoms with Crippen LogP contribution in [0.5, 0.6) is 0 Å². The molecule has 0 aliphatic carbocycles. The van der Waals surface area contributed by atoms with Crippen molar-refractivity contribution in [1.29, 1.82) is 0 Å². The van der Waals surface area contributed by atoms with Crippen molar-refractivity contribution in [2.45, 2.75) is 32.0 Å². The molecule has 0 aromatic heterocycles. The van der Waals surface area contributed by atoms with Gasteiger partial charge in [0.2, 0.25) is 0 Å². The van der Waals surface area contributed by atoms with Crippen molar-refractivity contribution in [1.82, 2.24) is 10.2 Å². The molecule has 1 saturated heterocycles. The number of cyclic esters (lactones) is 1. The summed E-state index contributed by atoms with van der Waals surface area (Å²) in [4.78, 5) is 26.1. The summed E-state index contributed by atoms with van der Waals surface area (Å²) in [6.45, 7) is 2.68. The van der Waals surface area contributed by atoms with Gasteiger partial charge in [-0.2, -0.15) is 0 Å². The summed E-state index contributed by atoms with van der Waals surface area (Å²) in [6, 6.07) is 11.4. The average molecular weight is 383 g/mol. The number of anilines is 1. The minimum Gasteiger partial charge on any atom is -0.457 e. The first-order chi connectivity index (χ1) is 13.6. The summed E-state index contributed by atoms with van der Waals surface area (Å²) < 4.78 is 18.0. The Morgan fingerprint density at radius 2 is 2.04 bits per heavy atom. The molecule has 6 nitrogen and oxygen atoms in total. The molecule has 146 valence electrons. The highest BCUT2D eigenvalue weighted by Crippen LogP contribution is 2.23. The number of carbonyl (C=O) groups excluding carboxylic acids is 2. The zero-order chi connectivity index (χ0) is 19.5. The Hall–Kier alpha value is -2.93. The van der Waals surface area contributed by atoms with Gasteiger partial charge in [-0.3, -0.25) is 4.90 Å². The van der Waals surface area contributed by atoms with Gasteiger partial charge in [-0.25, -0.2) is 14.0 Å². The number of ether oxygens (including phenoxy) is 1. The molecule has 2 aliphatic rings. The van der Waals surface area contributed by atoms with E-state index in [0.717, 1.165) is 43.6 Å². The molecule has 0 unspecified atom stereocenters. The molecule has 0 bridgehead atoms. The molecule has 0 spiro atoms. The molecule has 2 amide bonds. The fourth-order valence-electron chi connectivity index (χ4n) is 3.73. The molecule has 4 rings (SSSR count). The van der Waals surface area contributed by atoms with Gasteiger partial charge in [0.05, 0.1) is 5.56 Å². The monoisotopic (exact) mass is 383 g/mol. The van der Waals surface area contributed by atoms with Gasteiger partial charge in [0, 0.05) is 30.4 Å². The number of halogens is 1. The first-order valence-electron chi connectivity index (χ1n) is 9.41. The summed E-state index contributed by atoms with van der Waals surface area (Å²) in [7, 11) is 0. The van der Waals surface area contributed by atoms with Crippen molar-refractivity contribution >= 4 is 17.7 Å². The number of benzene rings is 2. The molecule has 28 heavy (non-hydrogen) atoms. The van der Waals surface area contributed by atoms with Crippen LogP contribution in [0.2, 0.25) is 0 Å². The molecule has 2 heterocycles. The maximum atomic E-state index is 13.1. The molecule has 1 fully saturated rings. The van der Waals surface area contributed by atoms with Gasteiger partial charge in [0.15, 0.2) is 0 Å². The second kappa shape index (κ2) is 7.98. The zero-order valence-electron chi connectivity index (χ0n) is 15.4. The Labute approximate surface area is 162 Å². The van der Waals surface area contributed by atoms with Gasteiger partial charge < -0.3 is 15.4 Å². The zero-order valence-corrected chi connectivity index (χ0v) is 15.4. The highest BCUT2D eigenvalue weighted by atomic mass is 19.1. The van der Waals surface area contributed by atoms with Crippen LogP contribution in [0.4, 0.5) is 14.9 Å². The van der Waals surface area contributed by atoms with E-state index in [1.165, 1.54) is 12.1 Å². The van der Waals surface area contributed by atoms with Crippen molar-refractivity contribution in [3.8, 4) is 0 Å². The normalized spacial score (nSPS) is 19.0. The Morgan fingerprint density at radius 1 is 1.21 bits per heavy atom. The SMILES string of the molecule is O=C(Nc1ccc2c(c1)COC2=O)N[C@H]1CCCN(Cc2ccc(F)cc2)C1. The topological polar surface area (TPSA) is 70.7 Å². The van der Waals surface area contributed by atoms with Gasteiger partial charge in [0.25, 0.3) is 0 Å². The van der Waals surface area contributed by atoms with E-state index in [2.05, 4.69) is 15.5 Å². The Kier molecular flexibility index (Phi) is 5.25. The Balaban J connectivity index is 1.30. The number of carbonyl (C=O) groups is 2. The summed E-state index contributed by atoms with van der Waals surface area (Å²) in [5.41, 5.74) is 3.02. The second-order valence-corrected chi connectivity index (χ2v) is 7.25. The number of nitrogens with zero attached hydrogens (tertiary/aromatic N) is 1. The molecular formula is C21H22FN3O3. The number of piperidine rings is 1. The maximum Gasteiger partial charge on any atom is 0.338 e. The third kappa shape index (κ3) is 4.31. The lowest BCUT2D eigenvalue weighted by Gasteiger charge is -2.33. The van der Waals surface area contributed by atoms with E-state index in [1.54, 1.807) is 30.3 Å². The van der Waals surface area contributed by atoms with Gasteiger partial charge >= 0.3 is 12.0 Å².